The van der Waals surface area contributed by atoms with E-state index in [1.807, 2.05) is 12.1 Å². The predicted octanol–water partition coefficient (Wildman–Crippen LogP) is 4.17. The fourth-order valence-corrected chi connectivity index (χ4v) is 2.44. The molecule has 1 aromatic heterocycles. The maximum Gasteiger partial charge on any atom is 0.162 e. The Morgan fingerprint density at radius 1 is 1.04 bits per heavy atom. The van der Waals surface area contributed by atoms with Crippen LogP contribution < -0.4 is 10.9 Å². The molecule has 118 valence electrons. The number of hydrogen-bond donors (Lipinski definition) is 1. The molecule has 0 spiro atoms. The average Bonchev–Trinajstić information content (AvgIpc) is 2.60. The fraction of sp³-hybridized carbons (Fsp3) is 0.263. The largest absolute Gasteiger partial charge is 0.288 e. The molecule has 4 heteroatoms. The van der Waals surface area contributed by atoms with Crippen LogP contribution in [0.3, 0.4) is 0 Å². The molecular formula is C19H22N4. The van der Waals surface area contributed by atoms with Crippen molar-refractivity contribution in [3.05, 3.63) is 54.9 Å². The normalized spacial score (nSPS) is 11.7. The monoisotopic (exact) mass is 306 g/mol. The Morgan fingerprint density at radius 2 is 1.78 bits per heavy atom. The minimum absolute atomic E-state index is 0.170. The van der Waals surface area contributed by atoms with Crippen LogP contribution in [0, 0.1) is 0 Å². The van der Waals surface area contributed by atoms with Crippen LogP contribution in [0.15, 0.2) is 54.9 Å². The lowest BCUT2D eigenvalue weighted by Crippen LogP contribution is -2.49. The molecule has 23 heavy (non-hydrogen) atoms. The maximum absolute atomic E-state index is 6.25. The summed E-state index contributed by atoms with van der Waals surface area (Å²) in [6, 6.07) is 14.6. The highest BCUT2D eigenvalue weighted by Gasteiger charge is 2.23. The van der Waals surface area contributed by atoms with Crippen molar-refractivity contribution < 1.29 is 0 Å². The number of aromatic nitrogens is 2. The van der Waals surface area contributed by atoms with Crippen molar-refractivity contribution in [3.63, 3.8) is 0 Å². The molecule has 0 radical (unpaired) electrons. The van der Waals surface area contributed by atoms with E-state index >= 15 is 0 Å². The number of anilines is 1. The highest BCUT2D eigenvalue weighted by molar-refractivity contribution is 5.86. The van der Waals surface area contributed by atoms with Crippen molar-refractivity contribution in [1.82, 2.24) is 9.97 Å². The molecule has 2 aromatic carbocycles. The first-order valence-electron chi connectivity index (χ1n) is 7.87. The Labute approximate surface area is 137 Å². The zero-order chi connectivity index (χ0) is 16.4. The van der Waals surface area contributed by atoms with Crippen LogP contribution in [-0.2, 0) is 0 Å². The average molecular weight is 306 g/mol. The topological polar surface area (TPSA) is 55.0 Å². The predicted molar refractivity (Wildman–Crippen MR) is 96.0 cm³/mol. The third-order valence-electron chi connectivity index (χ3n) is 4.43. The third kappa shape index (κ3) is 3.03. The van der Waals surface area contributed by atoms with Gasteiger partial charge in [0.15, 0.2) is 5.82 Å². The highest BCUT2D eigenvalue weighted by Crippen LogP contribution is 2.26. The van der Waals surface area contributed by atoms with E-state index in [-0.39, 0.29) is 5.54 Å². The van der Waals surface area contributed by atoms with Crippen LogP contribution >= 0.6 is 0 Å². The first kappa shape index (κ1) is 15.4. The molecule has 0 aliphatic rings. The van der Waals surface area contributed by atoms with Gasteiger partial charge in [-0.05, 0) is 37.1 Å². The summed E-state index contributed by atoms with van der Waals surface area (Å²) in [5.74, 6) is 6.93. The van der Waals surface area contributed by atoms with E-state index in [1.165, 1.54) is 10.8 Å². The van der Waals surface area contributed by atoms with Crippen molar-refractivity contribution in [3.8, 4) is 11.3 Å². The Hall–Kier alpha value is -2.46. The number of hydrogen-bond acceptors (Lipinski definition) is 4. The van der Waals surface area contributed by atoms with Crippen LogP contribution in [0.1, 0.15) is 27.2 Å². The summed E-state index contributed by atoms with van der Waals surface area (Å²) in [6.07, 6.45) is 4.41. The zero-order valence-electron chi connectivity index (χ0n) is 13.8. The van der Waals surface area contributed by atoms with Gasteiger partial charge in [-0.15, -0.1) is 0 Å². The Kier molecular flexibility index (Phi) is 4.01. The zero-order valence-corrected chi connectivity index (χ0v) is 13.8. The summed E-state index contributed by atoms with van der Waals surface area (Å²) in [6.45, 7) is 6.30. The summed E-state index contributed by atoms with van der Waals surface area (Å²) < 4.78 is 0. The highest BCUT2D eigenvalue weighted by atomic mass is 15.5. The SMILES string of the molecule is CCC(C)(C)N(N)c1cncc(-c2ccc3ccccc3c2)n1. The van der Waals surface area contributed by atoms with Gasteiger partial charge in [-0.2, -0.15) is 0 Å². The molecule has 0 saturated carbocycles. The standard InChI is InChI=1S/C19H22N4/c1-4-19(2,3)23(20)18-13-21-12-17(22-18)16-10-9-14-7-5-6-8-15(14)11-16/h5-13H,4,20H2,1-3H3. The van der Waals surface area contributed by atoms with E-state index in [0.29, 0.717) is 5.82 Å². The number of nitrogens with zero attached hydrogens (tertiary/aromatic N) is 3. The minimum Gasteiger partial charge on any atom is -0.288 e. The lowest BCUT2D eigenvalue weighted by atomic mass is 10.0. The van der Waals surface area contributed by atoms with Crippen molar-refractivity contribution in [1.29, 1.82) is 0 Å². The number of rotatable bonds is 4. The van der Waals surface area contributed by atoms with Gasteiger partial charge < -0.3 is 0 Å². The molecule has 0 amide bonds. The molecule has 1 heterocycles. The van der Waals surface area contributed by atoms with Gasteiger partial charge >= 0.3 is 0 Å². The molecule has 2 N–H and O–H groups in total. The van der Waals surface area contributed by atoms with Crippen LogP contribution in [0.4, 0.5) is 5.82 Å². The summed E-state index contributed by atoms with van der Waals surface area (Å²) in [4.78, 5) is 9.03. The second kappa shape index (κ2) is 5.97. The molecule has 0 bridgehead atoms. The number of benzene rings is 2. The van der Waals surface area contributed by atoms with Crippen molar-refractivity contribution in [2.24, 2.45) is 5.84 Å². The van der Waals surface area contributed by atoms with Gasteiger partial charge in [-0.3, -0.25) is 9.99 Å². The minimum atomic E-state index is -0.170. The van der Waals surface area contributed by atoms with Crippen LogP contribution in [0.25, 0.3) is 22.0 Å². The van der Waals surface area contributed by atoms with E-state index in [1.54, 1.807) is 17.4 Å². The van der Waals surface area contributed by atoms with Gasteiger partial charge in [0, 0.05) is 5.56 Å². The van der Waals surface area contributed by atoms with Gasteiger partial charge in [-0.1, -0.05) is 43.3 Å². The Bertz CT molecular complexity index is 826. The summed E-state index contributed by atoms with van der Waals surface area (Å²) in [5.41, 5.74) is 1.70. The summed E-state index contributed by atoms with van der Waals surface area (Å²) in [7, 11) is 0. The number of hydrazine groups is 1. The van der Waals surface area contributed by atoms with Gasteiger partial charge in [0.2, 0.25) is 0 Å². The lowest BCUT2D eigenvalue weighted by molar-refractivity contribution is 0.447. The van der Waals surface area contributed by atoms with E-state index in [0.717, 1.165) is 17.7 Å². The first-order chi connectivity index (χ1) is 11.0. The van der Waals surface area contributed by atoms with Gasteiger partial charge in [0.05, 0.1) is 23.6 Å². The Balaban J connectivity index is 2.01. The molecule has 0 fully saturated rings. The van der Waals surface area contributed by atoms with Crippen molar-refractivity contribution in [2.75, 3.05) is 5.01 Å². The molecule has 0 aliphatic carbocycles. The van der Waals surface area contributed by atoms with Crippen LogP contribution in [0.5, 0.6) is 0 Å². The van der Waals surface area contributed by atoms with Crippen molar-refractivity contribution in [2.45, 2.75) is 32.7 Å². The molecular weight excluding hydrogens is 284 g/mol. The van der Waals surface area contributed by atoms with Gasteiger partial charge in [-0.25, -0.2) is 10.8 Å². The number of fused-ring (bicyclic) bond motifs is 1. The quantitative estimate of drug-likeness (QED) is 0.580. The Morgan fingerprint density at radius 3 is 2.52 bits per heavy atom. The second-order valence-electron chi connectivity index (χ2n) is 6.36. The molecule has 3 aromatic rings. The van der Waals surface area contributed by atoms with E-state index in [9.17, 15) is 0 Å². The van der Waals surface area contributed by atoms with Crippen molar-refractivity contribution >= 4 is 16.6 Å². The fourth-order valence-electron chi connectivity index (χ4n) is 2.44. The van der Waals surface area contributed by atoms with E-state index < -0.39 is 0 Å². The molecule has 0 atom stereocenters. The van der Waals surface area contributed by atoms with Gasteiger partial charge in [0.1, 0.15) is 0 Å². The first-order valence-corrected chi connectivity index (χ1v) is 7.87. The summed E-state index contributed by atoms with van der Waals surface area (Å²) in [5, 5.41) is 4.11. The maximum atomic E-state index is 6.25. The molecule has 3 rings (SSSR count). The van der Waals surface area contributed by atoms with E-state index in [4.69, 9.17) is 10.8 Å². The summed E-state index contributed by atoms with van der Waals surface area (Å²) >= 11 is 0. The van der Waals surface area contributed by atoms with E-state index in [2.05, 4.69) is 56.1 Å². The smallest absolute Gasteiger partial charge is 0.162 e. The van der Waals surface area contributed by atoms with Gasteiger partial charge in [0.25, 0.3) is 0 Å². The molecule has 0 saturated heterocycles. The molecule has 0 unspecified atom stereocenters. The molecule has 0 aliphatic heterocycles. The van der Waals surface area contributed by atoms with Crippen LogP contribution in [-0.4, -0.2) is 15.5 Å². The lowest BCUT2D eigenvalue weighted by Gasteiger charge is -2.34. The second-order valence-corrected chi connectivity index (χ2v) is 6.36. The number of nitrogens with two attached hydrogens (primary N) is 1. The molecule has 4 nitrogen and oxygen atoms in total. The van der Waals surface area contributed by atoms with Crippen LogP contribution in [0.2, 0.25) is 0 Å². The third-order valence-corrected chi connectivity index (χ3v) is 4.43.